The van der Waals surface area contributed by atoms with Crippen LogP contribution in [0.25, 0.3) is 0 Å². The monoisotopic (exact) mass is 118 g/mol. The molecule has 1 N–H and O–H groups in total. The van der Waals surface area contributed by atoms with E-state index in [1.54, 1.807) is 0 Å². The second-order valence-corrected chi connectivity index (χ2v) is 2.55. The Morgan fingerprint density at radius 3 is 2.14 bits per heavy atom. The molecule has 0 bridgehead atoms. The maximum Gasteiger partial charge on any atom is 0.0735 e. The van der Waals surface area contributed by atoms with Crippen LogP contribution in [0.15, 0.2) is 0 Å². The Hall–Kier alpha value is 0.310. The first-order chi connectivity index (χ1) is 3.27. The van der Waals surface area contributed by atoms with Gasteiger partial charge in [0.25, 0.3) is 0 Å². The van der Waals surface area contributed by atoms with Crippen LogP contribution in [0.1, 0.15) is 19.3 Å². The maximum atomic E-state index is 9.14. The molecule has 42 valence electrons. The van der Waals surface area contributed by atoms with Crippen molar-refractivity contribution in [3.05, 3.63) is 0 Å². The van der Waals surface area contributed by atoms with E-state index in [1.807, 2.05) is 0 Å². The largest absolute Gasteiger partial charge is 0.389 e. The summed E-state index contributed by atoms with van der Waals surface area (Å²) in [7, 11) is 0. The topological polar surface area (TPSA) is 20.2 Å². The standard InChI is InChI=1S/C5H10OS/c6-5(4-7)2-1-3-5/h6-7H,1-4H2. The molecule has 2 heteroatoms. The predicted molar refractivity (Wildman–Crippen MR) is 32.7 cm³/mol. The third-order valence-electron chi connectivity index (χ3n) is 1.58. The molecule has 1 rings (SSSR count). The average molecular weight is 118 g/mol. The number of rotatable bonds is 1. The molecule has 1 fully saturated rings. The second kappa shape index (κ2) is 1.67. The van der Waals surface area contributed by atoms with Crippen molar-refractivity contribution in [2.24, 2.45) is 0 Å². The molecular weight excluding hydrogens is 108 g/mol. The molecule has 0 heterocycles. The van der Waals surface area contributed by atoms with Crippen molar-refractivity contribution < 1.29 is 5.11 Å². The Morgan fingerprint density at radius 1 is 1.57 bits per heavy atom. The third kappa shape index (κ3) is 0.916. The van der Waals surface area contributed by atoms with E-state index in [9.17, 15) is 0 Å². The predicted octanol–water partition coefficient (Wildman–Crippen LogP) is 0.831. The molecule has 1 aliphatic carbocycles. The first-order valence-corrected chi connectivity index (χ1v) is 3.23. The second-order valence-electron chi connectivity index (χ2n) is 2.24. The van der Waals surface area contributed by atoms with Gasteiger partial charge in [-0.05, 0) is 19.3 Å². The van der Waals surface area contributed by atoms with Gasteiger partial charge in [0, 0.05) is 5.75 Å². The lowest BCUT2D eigenvalue weighted by Gasteiger charge is -2.34. The van der Waals surface area contributed by atoms with Gasteiger partial charge >= 0.3 is 0 Å². The van der Waals surface area contributed by atoms with E-state index in [1.165, 1.54) is 6.42 Å². The van der Waals surface area contributed by atoms with Gasteiger partial charge in [-0.25, -0.2) is 0 Å². The zero-order valence-electron chi connectivity index (χ0n) is 4.22. The van der Waals surface area contributed by atoms with Gasteiger partial charge in [-0.3, -0.25) is 0 Å². The molecule has 0 unspecified atom stereocenters. The van der Waals surface area contributed by atoms with Gasteiger partial charge in [0.2, 0.25) is 0 Å². The summed E-state index contributed by atoms with van der Waals surface area (Å²) in [6, 6.07) is 0. The molecule has 0 aromatic rings. The van der Waals surface area contributed by atoms with Gasteiger partial charge in [-0.15, -0.1) is 0 Å². The summed E-state index contributed by atoms with van der Waals surface area (Å²) in [6.07, 6.45) is 3.09. The summed E-state index contributed by atoms with van der Waals surface area (Å²) in [5.74, 6) is 0.632. The Bertz CT molecular complexity index is 63.0. The van der Waals surface area contributed by atoms with Crippen LogP contribution in [0.5, 0.6) is 0 Å². The Morgan fingerprint density at radius 2 is 2.14 bits per heavy atom. The quantitative estimate of drug-likeness (QED) is 0.489. The maximum absolute atomic E-state index is 9.14. The minimum Gasteiger partial charge on any atom is -0.389 e. The van der Waals surface area contributed by atoms with Crippen molar-refractivity contribution >= 4 is 12.6 Å². The van der Waals surface area contributed by atoms with Crippen LogP contribution in [-0.2, 0) is 0 Å². The normalized spacial score (nSPS) is 26.6. The fourth-order valence-corrected chi connectivity index (χ4v) is 1.06. The van der Waals surface area contributed by atoms with Crippen LogP contribution >= 0.6 is 12.6 Å². The summed E-state index contributed by atoms with van der Waals surface area (Å²) < 4.78 is 0. The van der Waals surface area contributed by atoms with Gasteiger partial charge in [-0.2, -0.15) is 12.6 Å². The highest BCUT2D eigenvalue weighted by atomic mass is 32.1. The van der Waals surface area contributed by atoms with E-state index in [0.717, 1.165) is 12.8 Å². The van der Waals surface area contributed by atoms with Crippen molar-refractivity contribution in [3.63, 3.8) is 0 Å². The van der Waals surface area contributed by atoms with Crippen molar-refractivity contribution in [1.82, 2.24) is 0 Å². The lowest BCUT2D eigenvalue weighted by atomic mass is 9.82. The molecule has 0 aromatic carbocycles. The fourth-order valence-electron chi connectivity index (χ4n) is 0.743. The lowest BCUT2D eigenvalue weighted by Crippen LogP contribution is -2.38. The highest BCUT2D eigenvalue weighted by Crippen LogP contribution is 2.31. The molecule has 0 saturated heterocycles. The van der Waals surface area contributed by atoms with E-state index in [4.69, 9.17) is 5.11 Å². The van der Waals surface area contributed by atoms with Crippen molar-refractivity contribution in [3.8, 4) is 0 Å². The minimum absolute atomic E-state index is 0.372. The van der Waals surface area contributed by atoms with Crippen LogP contribution < -0.4 is 0 Å². The molecule has 0 spiro atoms. The van der Waals surface area contributed by atoms with Gasteiger partial charge in [0.05, 0.1) is 5.60 Å². The zero-order chi connectivity index (χ0) is 5.33. The lowest BCUT2D eigenvalue weighted by molar-refractivity contribution is -0.00955. The van der Waals surface area contributed by atoms with Gasteiger partial charge in [0.1, 0.15) is 0 Å². The Balaban J connectivity index is 2.29. The molecule has 7 heavy (non-hydrogen) atoms. The highest BCUT2D eigenvalue weighted by Gasteiger charge is 2.32. The molecule has 0 amide bonds. The fraction of sp³-hybridized carbons (Fsp3) is 1.00. The first-order valence-electron chi connectivity index (χ1n) is 2.60. The average Bonchev–Trinajstić information content (AvgIpc) is 1.61. The molecule has 0 atom stereocenters. The number of hydrogen-bond donors (Lipinski definition) is 2. The third-order valence-corrected chi connectivity index (χ3v) is 2.17. The highest BCUT2D eigenvalue weighted by molar-refractivity contribution is 7.80. The first kappa shape index (κ1) is 5.45. The van der Waals surface area contributed by atoms with Crippen LogP contribution in [0.2, 0.25) is 0 Å². The van der Waals surface area contributed by atoms with Crippen molar-refractivity contribution in [2.45, 2.75) is 24.9 Å². The number of thiol groups is 1. The molecule has 1 nitrogen and oxygen atoms in total. The zero-order valence-corrected chi connectivity index (χ0v) is 5.12. The van der Waals surface area contributed by atoms with E-state index in [0.29, 0.717) is 5.75 Å². The molecule has 0 aromatic heterocycles. The summed E-state index contributed by atoms with van der Waals surface area (Å²) in [6.45, 7) is 0. The number of aliphatic hydroxyl groups is 1. The van der Waals surface area contributed by atoms with Crippen LogP contribution in [0, 0.1) is 0 Å². The number of hydrogen-bond acceptors (Lipinski definition) is 2. The van der Waals surface area contributed by atoms with Crippen LogP contribution in [0.3, 0.4) is 0 Å². The van der Waals surface area contributed by atoms with E-state index in [-0.39, 0.29) is 5.60 Å². The molecule has 1 aliphatic rings. The molecular formula is C5H10OS. The van der Waals surface area contributed by atoms with E-state index in [2.05, 4.69) is 12.6 Å². The summed E-state index contributed by atoms with van der Waals surface area (Å²) in [5.41, 5.74) is -0.372. The van der Waals surface area contributed by atoms with Crippen molar-refractivity contribution in [1.29, 1.82) is 0 Å². The Labute approximate surface area is 49.1 Å². The molecule has 0 aliphatic heterocycles. The molecule has 0 radical (unpaired) electrons. The van der Waals surface area contributed by atoms with Crippen molar-refractivity contribution in [2.75, 3.05) is 5.75 Å². The van der Waals surface area contributed by atoms with Crippen LogP contribution in [-0.4, -0.2) is 16.5 Å². The van der Waals surface area contributed by atoms with Gasteiger partial charge < -0.3 is 5.11 Å². The Kier molecular flexibility index (Phi) is 1.30. The van der Waals surface area contributed by atoms with Gasteiger partial charge in [-0.1, -0.05) is 0 Å². The SMILES string of the molecule is OC1(CS)CCC1. The van der Waals surface area contributed by atoms with Crippen LogP contribution in [0.4, 0.5) is 0 Å². The van der Waals surface area contributed by atoms with Gasteiger partial charge in [0.15, 0.2) is 0 Å². The minimum atomic E-state index is -0.372. The summed E-state index contributed by atoms with van der Waals surface area (Å²) >= 11 is 3.98. The molecule has 1 saturated carbocycles. The smallest absolute Gasteiger partial charge is 0.0735 e. The van der Waals surface area contributed by atoms with E-state index < -0.39 is 0 Å². The van der Waals surface area contributed by atoms with E-state index >= 15 is 0 Å². The summed E-state index contributed by atoms with van der Waals surface area (Å²) in [4.78, 5) is 0. The summed E-state index contributed by atoms with van der Waals surface area (Å²) in [5, 5.41) is 9.14.